The van der Waals surface area contributed by atoms with Gasteiger partial charge in [0.25, 0.3) is 0 Å². The van der Waals surface area contributed by atoms with Gasteiger partial charge in [-0.2, -0.15) is 0 Å². The van der Waals surface area contributed by atoms with E-state index in [0.717, 1.165) is 35.3 Å². The molecule has 2 atom stereocenters. The van der Waals surface area contributed by atoms with Crippen LogP contribution in [0.4, 0.5) is 5.82 Å². The van der Waals surface area contributed by atoms with Crippen molar-refractivity contribution < 1.29 is 9.90 Å². The standard InChI is InChI=1S/C14H17N3O2S/c1-2-10-6-11-12(15-7-16-13(11)20-10)17-9-4-3-8(5-9)14(18)19/h6-9H,2-5H2,1H3,(H,18,19)(H,15,16,17)/t8-,9+/m1/s1. The van der Waals surface area contributed by atoms with E-state index in [2.05, 4.69) is 28.3 Å². The highest BCUT2D eigenvalue weighted by Gasteiger charge is 2.30. The molecule has 1 saturated carbocycles. The zero-order chi connectivity index (χ0) is 14.1. The zero-order valence-electron chi connectivity index (χ0n) is 11.3. The number of carboxylic acids is 1. The summed E-state index contributed by atoms with van der Waals surface area (Å²) in [5.41, 5.74) is 0. The molecule has 6 heteroatoms. The van der Waals surface area contributed by atoms with Gasteiger partial charge < -0.3 is 10.4 Å². The van der Waals surface area contributed by atoms with Crippen LogP contribution in [0.5, 0.6) is 0 Å². The van der Waals surface area contributed by atoms with Crippen molar-refractivity contribution in [2.24, 2.45) is 5.92 Å². The maximum atomic E-state index is 11.0. The number of nitrogens with one attached hydrogen (secondary N) is 1. The number of carbonyl (C=O) groups is 1. The molecule has 2 heterocycles. The molecule has 1 aliphatic carbocycles. The lowest BCUT2D eigenvalue weighted by Gasteiger charge is -2.13. The van der Waals surface area contributed by atoms with Crippen LogP contribution in [0.2, 0.25) is 0 Å². The normalized spacial score (nSPS) is 22.2. The second kappa shape index (κ2) is 5.36. The van der Waals surface area contributed by atoms with Crippen molar-refractivity contribution in [1.82, 2.24) is 9.97 Å². The summed E-state index contributed by atoms with van der Waals surface area (Å²) < 4.78 is 0. The predicted octanol–water partition coefficient (Wildman–Crippen LogP) is 2.92. The molecule has 20 heavy (non-hydrogen) atoms. The van der Waals surface area contributed by atoms with Crippen molar-refractivity contribution in [2.45, 2.75) is 38.6 Å². The molecule has 0 saturated heterocycles. The third kappa shape index (κ3) is 2.47. The van der Waals surface area contributed by atoms with Crippen molar-refractivity contribution in [2.75, 3.05) is 5.32 Å². The molecule has 2 aromatic heterocycles. The Kier molecular flexibility index (Phi) is 3.56. The first kappa shape index (κ1) is 13.3. The molecule has 0 radical (unpaired) electrons. The first-order chi connectivity index (χ1) is 9.67. The van der Waals surface area contributed by atoms with Crippen LogP contribution in [-0.4, -0.2) is 27.1 Å². The highest BCUT2D eigenvalue weighted by atomic mass is 32.1. The molecule has 0 aromatic carbocycles. The SMILES string of the molecule is CCc1cc2c(N[C@H]3CC[C@@H](C(=O)O)C3)ncnc2s1. The zero-order valence-corrected chi connectivity index (χ0v) is 12.1. The van der Waals surface area contributed by atoms with Gasteiger partial charge in [-0.25, -0.2) is 9.97 Å². The summed E-state index contributed by atoms with van der Waals surface area (Å²) in [4.78, 5) is 21.9. The average Bonchev–Trinajstić information content (AvgIpc) is 3.05. The minimum Gasteiger partial charge on any atom is -0.481 e. The summed E-state index contributed by atoms with van der Waals surface area (Å²) in [5, 5.41) is 13.5. The van der Waals surface area contributed by atoms with Gasteiger partial charge in [-0.3, -0.25) is 4.79 Å². The van der Waals surface area contributed by atoms with Crippen molar-refractivity contribution in [1.29, 1.82) is 0 Å². The maximum absolute atomic E-state index is 11.0. The minimum atomic E-state index is -0.689. The Labute approximate surface area is 121 Å². The van der Waals surface area contributed by atoms with Gasteiger partial charge in [0, 0.05) is 10.9 Å². The number of hydrogen-bond acceptors (Lipinski definition) is 5. The molecule has 106 valence electrons. The number of nitrogens with zero attached hydrogens (tertiary/aromatic N) is 2. The van der Waals surface area contributed by atoms with Gasteiger partial charge in [-0.15, -0.1) is 11.3 Å². The summed E-state index contributed by atoms with van der Waals surface area (Å²) in [6.45, 7) is 2.12. The Morgan fingerprint density at radius 3 is 3.05 bits per heavy atom. The van der Waals surface area contributed by atoms with E-state index in [1.54, 1.807) is 17.7 Å². The number of hydrogen-bond donors (Lipinski definition) is 2. The summed E-state index contributed by atoms with van der Waals surface area (Å²) in [5.74, 6) is -0.0774. The Morgan fingerprint density at radius 1 is 1.50 bits per heavy atom. The van der Waals surface area contributed by atoms with Crippen molar-refractivity contribution in [3.8, 4) is 0 Å². The lowest BCUT2D eigenvalue weighted by atomic mass is 10.1. The Balaban J connectivity index is 1.81. The van der Waals surface area contributed by atoms with E-state index in [4.69, 9.17) is 5.11 Å². The summed E-state index contributed by atoms with van der Waals surface area (Å²) in [6.07, 6.45) is 4.86. The number of aromatic nitrogens is 2. The van der Waals surface area contributed by atoms with E-state index in [1.165, 1.54) is 4.88 Å². The number of thiophene rings is 1. The highest BCUT2D eigenvalue weighted by molar-refractivity contribution is 7.18. The van der Waals surface area contributed by atoms with Crippen LogP contribution >= 0.6 is 11.3 Å². The summed E-state index contributed by atoms with van der Waals surface area (Å²) >= 11 is 1.69. The van der Waals surface area contributed by atoms with E-state index in [-0.39, 0.29) is 12.0 Å². The molecule has 0 bridgehead atoms. The topological polar surface area (TPSA) is 75.1 Å². The Morgan fingerprint density at radius 2 is 2.35 bits per heavy atom. The smallest absolute Gasteiger partial charge is 0.306 e. The molecular weight excluding hydrogens is 274 g/mol. The second-order valence-corrected chi connectivity index (χ2v) is 6.31. The molecule has 1 fully saturated rings. The molecule has 3 rings (SSSR count). The molecule has 2 aromatic rings. The third-order valence-corrected chi connectivity index (χ3v) is 5.04. The van der Waals surface area contributed by atoms with Crippen LogP contribution in [0.25, 0.3) is 10.2 Å². The van der Waals surface area contributed by atoms with Gasteiger partial charge in [0.1, 0.15) is 17.0 Å². The highest BCUT2D eigenvalue weighted by Crippen LogP contribution is 2.32. The minimum absolute atomic E-state index is 0.194. The quantitative estimate of drug-likeness (QED) is 0.906. The van der Waals surface area contributed by atoms with Crippen LogP contribution < -0.4 is 5.32 Å². The average molecular weight is 291 g/mol. The second-order valence-electron chi connectivity index (χ2n) is 5.20. The van der Waals surface area contributed by atoms with Crippen LogP contribution in [0.1, 0.15) is 31.1 Å². The number of rotatable bonds is 4. The third-order valence-electron chi connectivity index (χ3n) is 3.85. The van der Waals surface area contributed by atoms with Crippen molar-refractivity contribution in [3.05, 3.63) is 17.3 Å². The monoisotopic (exact) mass is 291 g/mol. The lowest BCUT2D eigenvalue weighted by molar-refractivity contribution is -0.141. The molecule has 5 nitrogen and oxygen atoms in total. The lowest BCUT2D eigenvalue weighted by Crippen LogP contribution is -2.18. The number of aliphatic carboxylic acids is 1. The van der Waals surface area contributed by atoms with E-state index in [1.807, 2.05) is 0 Å². The fourth-order valence-electron chi connectivity index (χ4n) is 2.72. The van der Waals surface area contributed by atoms with Crippen LogP contribution in [0, 0.1) is 5.92 Å². The van der Waals surface area contributed by atoms with Crippen molar-refractivity contribution in [3.63, 3.8) is 0 Å². The van der Waals surface area contributed by atoms with Crippen molar-refractivity contribution >= 4 is 33.3 Å². The molecule has 1 aliphatic rings. The first-order valence-corrected chi connectivity index (χ1v) is 7.71. The van der Waals surface area contributed by atoms with E-state index in [9.17, 15) is 4.79 Å². The molecular formula is C14H17N3O2S. The molecule has 0 spiro atoms. The first-order valence-electron chi connectivity index (χ1n) is 6.90. The fourth-order valence-corrected chi connectivity index (χ4v) is 3.66. The Hall–Kier alpha value is -1.69. The van der Waals surface area contributed by atoms with Gasteiger partial charge in [-0.1, -0.05) is 6.92 Å². The van der Waals surface area contributed by atoms with E-state index in [0.29, 0.717) is 6.42 Å². The number of fused-ring (bicyclic) bond motifs is 1. The fraction of sp³-hybridized carbons (Fsp3) is 0.500. The van der Waals surface area contributed by atoms with E-state index < -0.39 is 5.97 Å². The van der Waals surface area contributed by atoms with E-state index >= 15 is 0 Å². The largest absolute Gasteiger partial charge is 0.481 e. The van der Waals surface area contributed by atoms with Gasteiger partial charge in [0.15, 0.2) is 0 Å². The molecule has 0 unspecified atom stereocenters. The van der Waals surface area contributed by atoms with Gasteiger partial charge in [-0.05, 0) is 31.7 Å². The molecule has 0 aliphatic heterocycles. The summed E-state index contributed by atoms with van der Waals surface area (Å²) in [7, 11) is 0. The Bertz CT molecular complexity index is 640. The van der Waals surface area contributed by atoms with Gasteiger partial charge >= 0.3 is 5.97 Å². The van der Waals surface area contributed by atoms with Gasteiger partial charge in [0.2, 0.25) is 0 Å². The van der Waals surface area contributed by atoms with Crippen LogP contribution in [0.3, 0.4) is 0 Å². The van der Waals surface area contributed by atoms with Gasteiger partial charge in [0.05, 0.1) is 11.3 Å². The number of anilines is 1. The number of aryl methyl sites for hydroxylation is 1. The summed E-state index contributed by atoms with van der Waals surface area (Å²) in [6, 6.07) is 2.32. The molecule has 2 N–H and O–H groups in total. The molecule has 0 amide bonds. The van der Waals surface area contributed by atoms with Crippen LogP contribution in [0.15, 0.2) is 12.4 Å². The predicted molar refractivity (Wildman–Crippen MR) is 79.2 cm³/mol. The van der Waals surface area contributed by atoms with Crippen LogP contribution in [-0.2, 0) is 11.2 Å². The maximum Gasteiger partial charge on any atom is 0.306 e. The number of carboxylic acid groups (broad SMARTS) is 1.